The fraction of sp³-hybridized carbons (Fsp3) is 0.800. The molecule has 1 aliphatic rings. The van der Waals surface area contributed by atoms with Crippen LogP contribution in [0.4, 0.5) is 0 Å². The van der Waals surface area contributed by atoms with Crippen molar-refractivity contribution in [2.75, 3.05) is 26.2 Å². The van der Waals surface area contributed by atoms with E-state index in [9.17, 15) is 0 Å². The number of hydrogen-bond acceptors (Lipinski definition) is 3. The molecule has 1 heterocycles. The number of carbonyl (C=O) groups is 1. The minimum absolute atomic E-state index is 0.250. The predicted molar refractivity (Wildman–Crippen MR) is 36.0 cm³/mol. The number of nitrogens with one attached hydrogen (secondary N) is 2. The van der Waals surface area contributed by atoms with Crippen molar-refractivity contribution >= 4 is 6.41 Å². The van der Waals surface area contributed by atoms with Gasteiger partial charge in [0.2, 0.25) is 6.41 Å². The zero-order valence-corrected chi connectivity index (χ0v) is 5.39. The van der Waals surface area contributed by atoms with Crippen LogP contribution in [0.1, 0.15) is 0 Å². The van der Waals surface area contributed by atoms with Crippen molar-refractivity contribution in [2.24, 2.45) is 5.73 Å². The van der Waals surface area contributed by atoms with Crippen molar-refractivity contribution in [3.05, 3.63) is 0 Å². The van der Waals surface area contributed by atoms with Crippen LogP contribution in [0.5, 0.6) is 0 Å². The molecule has 1 saturated heterocycles. The average molecular weight is 131 g/mol. The number of nitrogens with two attached hydrogens (primary N) is 1. The second-order valence-corrected chi connectivity index (χ2v) is 1.64. The summed E-state index contributed by atoms with van der Waals surface area (Å²) in [6, 6.07) is 0. The van der Waals surface area contributed by atoms with Crippen LogP contribution in [0.25, 0.3) is 0 Å². The first-order chi connectivity index (χ1) is 4.41. The van der Waals surface area contributed by atoms with Gasteiger partial charge in [-0.25, -0.2) is 0 Å². The maximum Gasteiger partial charge on any atom is 0.204 e. The monoisotopic (exact) mass is 131 g/mol. The summed E-state index contributed by atoms with van der Waals surface area (Å²) < 4.78 is 0. The maximum atomic E-state index is 8.58. The minimum Gasteiger partial charge on any atom is -0.372 e. The number of rotatable bonds is 0. The molecule has 0 radical (unpaired) electrons. The topological polar surface area (TPSA) is 67.2 Å². The van der Waals surface area contributed by atoms with Gasteiger partial charge in [-0.2, -0.15) is 0 Å². The largest absolute Gasteiger partial charge is 0.372 e. The fourth-order valence-electron chi connectivity index (χ4n) is 0.604. The van der Waals surface area contributed by atoms with Crippen LogP contribution in [0.2, 0.25) is 0 Å². The second kappa shape index (κ2) is 7.39. The zero-order chi connectivity index (χ0) is 6.95. The Morgan fingerprint density at radius 3 is 1.44 bits per heavy atom. The first kappa shape index (κ1) is 8.39. The molecule has 0 aliphatic carbocycles. The summed E-state index contributed by atoms with van der Waals surface area (Å²) in [5, 5.41) is 6.44. The Morgan fingerprint density at radius 2 is 1.33 bits per heavy atom. The Bertz CT molecular complexity index is 51.7. The Kier molecular flexibility index (Phi) is 6.89. The van der Waals surface area contributed by atoms with Gasteiger partial charge in [-0.1, -0.05) is 0 Å². The molecular weight excluding hydrogens is 118 g/mol. The van der Waals surface area contributed by atoms with Gasteiger partial charge in [0, 0.05) is 26.2 Å². The lowest BCUT2D eigenvalue weighted by atomic mass is 10.4. The van der Waals surface area contributed by atoms with Gasteiger partial charge < -0.3 is 16.4 Å². The minimum atomic E-state index is 0.250. The Hall–Kier alpha value is -0.610. The van der Waals surface area contributed by atoms with Crippen LogP contribution in [0, 0.1) is 0 Å². The first-order valence-electron chi connectivity index (χ1n) is 2.98. The van der Waals surface area contributed by atoms with E-state index in [1.165, 1.54) is 0 Å². The van der Waals surface area contributed by atoms with E-state index in [0.29, 0.717) is 0 Å². The molecule has 0 spiro atoms. The number of hydrogen-bond donors (Lipinski definition) is 3. The molecule has 1 rings (SSSR count). The normalized spacial score (nSPS) is 17.3. The molecule has 54 valence electrons. The standard InChI is InChI=1S/C4H10N2.CH3NO/c1-2-6-4-3-5-1;2-1-3/h5-6H,1-4H2;1H,(H2,2,3). The van der Waals surface area contributed by atoms with Crippen LogP contribution >= 0.6 is 0 Å². The van der Waals surface area contributed by atoms with E-state index in [2.05, 4.69) is 16.4 Å². The quantitative estimate of drug-likeness (QED) is 0.343. The molecule has 1 aliphatic heterocycles. The van der Waals surface area contributed by atoms with Crippen LogP contribution in [0.3, 0.4) is 0 Å². The molecular formula is C5H13N3O. The summed E-state index contributed by atoms with van der Waals surface area (Å²) in [5.74, 6) is 0. The molecule has 4 N–H and O–H groups in total. The second-order valence-electron chi connectivity index (χ2n) is 1.64. The van der Waals surface area contributed by atoms with Crippen LogP contribution in [-0.2, 0) is 4.79 Å². The van der Waals surface area contributed by atoms with Gasteiger partial charge in [-0.05, 0) is 0 Å². The van der Waals surface area contributed by atoms with E-state index in [1.54, 1.807) is 0 Å². The Balaban J connectivity index is 0.000000187. The van der Waals surface area contributed by atoms with E-state index in [0.717, 1.165) is 26.2 Å². The summed E-state index contributed by atoms with van der Waals surface area (Å²) in [5.41, 5.74) is 4.17. The van der Waals surface area contributed by atoms with Gasteiger partial charge >= 0.3 is 0 Å². The van der Waals surface area contributed by atoms with Gasteiger partial charge in [0.05, 0.1) is 0 Å². The lowest BCUT2D eigenvalue weighted by molar-refractivity contribution is -0.106. The van der Waals surface area contributed by atoms with Gasteiger partial charge in [-0.3, -0.25) is 4.79 Å². The average Bonchev–Trinajstić information content (AvgIpc) is 1.93. The van der Waals surface area contributed by atoms with Crippen molar-refractivity contribution in [3.8, 4) is 0 Å². The summed E-state index contributed by atoms with van der Waals surface area (Å²) in [7, 11) is 0. The molecule has 1 fully saturated rings. The number of piperazine rings is 1. The Labute approximate surface area is 54.8 Å². The van der Waals surface area contributed by atoms with Gasteiger partial charge in [0.25, 0.3) is 0 Å². The fourth-order valence-corrected chi connectivity index (χ4v) is 0.604. The third-order valence-electron chi connectivity index (χ3n) is 0.957. The summed E-state index contributed by atoms with van der Waals surface area (Å²) in [6.45, 7) is 4.56. The van der Waals surface area contributed by atoms with E-state index in [4.69, 9.17) is 4.79 Å². The summed E-state index contributed by atoms with van der Waals surface area (Å²) >= 11 is 0. The molecule has 0 atom stereocenters. The van der Waals surface area contributed by atoms with Crippen molar-refractivity contribution in [1.29, 1.82) is 0 Å². The molecule has 4 nitrogen and oxygen atoms in total. The number of carbonyl (C=O) groups excluding carboxylic acids is 1. The van der Waals surface area contributed by atoms with Gasteiger partial charge in [0.15, 0.2) is 0 Å². The highest BCUT2D eigenvalue weighted by Gasteiger charge is 1.91. The smallest absolute Gasteiger partial charge is 0.204 e. The SMILES string of the molecule is C1CNCCN1.NC=O. The van der Waals surface area contributed by atoms with Crippen LogP contribution in [-0.4, -0.2) is 32.6 Å². The van der Waals surface area contributed by atoms with Crippen molar-refractivity contribution in [2.45, 2.75) is 0 Å². The zero-order valence-electron chi connectivity index (χ0n) is 5.39. The molecule has 0 aromatic carbocycles. The third-order valence-corrected chi connectivity index (χ3v) is 0.957. The third kappa shape index (κ3) is 7.39. The summed E-state index contributed by atoms with van der Waals surface area (Å²) in [6.07, 6.45) is 0.250. The van der Waals surface area contributed by atoms with E-state index < -0.39 is 0 Å². The Morgan fingerprint density at radius 1 is 1.11 bits per heavy atom. The molecule has 0 saturated carbocycles. The highest BCUT2D eigenvalue weighted by atomic mass is 16.1. The molecule has 0 unspecified atom stereocenters. The molecule has 0 bridgehead atoms. The molecule has 4 heteroatoms. The number of primary amides is 1. The molecule has 0 aromatic heterocycles. The van der Waals surface area contributed by atoms with E-state index >= 15 is 0 Å². The highest BCUT2D eigenvalue weighted by Crippen LogP contribution is 1.65. The molecule has 9 heavy (non-hydrogen) atoms. The van der Waals surface area contributed by atoms with Crippen LogP contribution < -0.4 is 16.4 Å². The van der Waals surface area contributed by atoms with Crippen molar-refractivity contribution in [3.63, 3.8) is 0 Å². The number of amides is 1. The van der Waals surface area contributed by atoms with E-state index in [-0.39, 0.29) is 6.41 Å². The molecule has 1 amide bonds. The summed E-state index contributed by atoms with van der Waals surface area (Å²) in [4.78, 5) is 8.58. The molecule has 0 aromatic rings. The lowest BCUT2D eigenvalue weighted by Crippen LogP contribution is -2.39. The van der Waals surface area contributed by atoms with Gasteiger partial charge in [0.1, 0.15) is 0 Å². The van der Waals surface area contributed by atoms with Gasteiger partial charge in [-0.15, -0.1) is 0 Å². The maximum absolute atomic E-state index is 8.58. The first-order valence-corrected chi connectivity index (χ1v) is 2.98. The van der Waals surface area contributed by atoms with Crippen LogP contribution in [0.15, 0.2) is 0 Å². The van der Waals surface area contributed by atoms with Crippen molar-refractivity contribution < 1.29 is 4.79 Å². The highest BCUT2D eigenvalue weighted by molar-refractivity contribution is 5.42. The predicted octanol–water partition coefficient (Wildman–Crippen LogP) is -1.72. The van der Waals surface area contributed by atoms with E-state index in [1.807, 2.05) is 0 Å². The van der Waals surface area contributed by atoms with Crippen molar-refractivity contribution in [1.82, 2.24) is 10.6 Å². The lowest BCUT2D eigenvalue weighted by Gasteiger charge is -2.11.